The first-order valence-corrected chi connectivity index (χ1v) is 6.43. The van der Waals surface area contributed by atoms with Crippen molar-refractivity contribution >= 4 is 11.7 Å². The van der Waals surface area contributed by atoms with Crippen LogP contribution in [0, 0.1) is 17.8 Å². The van der Waals surface area contributed by atoms with Crippen molar-refractivity contribution in [3.05, 3.63) is 0 Å². The molecule has 0 spiro atoms. The Bertz CT molecular complexity index is 347. The average Bonchev–Trinajstić information content (AvgIpc) is 3.02. The minimum atomic E-state index is -0.906. The van der Waals surface area contributed by atoms with Gasteiger partial charge in [0.1, 0.15) is 0 Å². The molecule has 4 heteroatoms. The molecule has 1 heterocycles. The molecule has 0 aromatic rings. The molecule has 0 aromatic carbocycles. The van der Waals surface area contributed by atoms with Crippen molar-refractivity contribution < 1.29 is 14.4 Å². The van der Waals surface area contributed by atoms with E-state index in [1.807, 2.05) is 13.8 Å². The topological polar surface area (TPSA) is 47.9 Å². The predicted molar refractivity (Wildman–Crippen MR) is 64.6 cm³/mol. The van der Waals surface area contributed by atoms with E-state index in [9.17, 15) is 4.79 Å². The first-order chi connectivity index (χ1) is 8.00. The van der Waals surface area contributed by atoms with Crippen LogP contribution in [0.4, 0.5) is 0 Å². The number of rotatable bonds is 4. The minimum Gasteiger partial charge on any atom is -0.463 e. The predicted octanol–water partition coefficient (Wildman–Crippen LogP) is 2.38. The van der Waals surface area contributed by atoms with Crippen LogP contribution < -0.4 is 0 Å². The van der Waals surface area contributed by atoms with Gasteiger partial charge < -0.3 is 9.57 Å². The molecule has 0 radical (unpaired) electrons. The average molecular weight is 239 g/mol. The Kier molecular flexibility index (Phi) is 3.15. The molecule has 0 saturated heterocycles. The molecule has 2 rings (SSSR count). The third-order valence-electron chi connectivity index (χ3n) is 3.62. The second kappa shape index (κ2) is 4.31. The molecular formula is C13H21NO3. The number of hydrogen-bond acceptors (Lipinski definition) is 4. The van der Waals surface area contributed by atoms with E-state index in [1.165, 1.54) is 0 Å². The molecule has 1 aliphatic carbocycles. The van der Waals surface area contributed by atoms with Gasteiger partial charge in [-0.1, -0.05) is 19.0 Å². The molecule has 0 aromatic heterocycles. The van der Waals surface area contributed by atoms with Gasteiger partial charge in [-0.05, 0) is 38.5 Å². The van der Waals surface area contributed by atoms with E-state index >= 15 is 0 Å². The molecule has 0 bridgehead atoms. The lowest BCUT2D eigenvalue weighted by molar-refractivity contribution is -0.171. The van der Waals surface area contributed by atoms with Crippen LogP contribution in [-0.4, -0.2) is 23.9 Å². The van der Waals surface area contributed by atoms with Gasteiger partial charge in [-0.2, -0.15) is 0 Å². The molecule has 96 valence electrons. The lowest BCUT2D eigenvalue weighted by Gasteiger charge is -2.27. The summed E-state index contributed by atoms with van der Waals surface area (Å²) in [7, 11) is 0. The van der Waals surface area contributed by atoms with E-state index in [0.29, 0.717) is 18.4 Å². The summed E-state index contributed by atoms with van der Waals surface area (Å²) < 4.78 is 5.13. The zero-order valence-electron chi connectivity index (χ0n) is 11.0. The maximum absolute atomic E-state index is 12.1. The Hall–Kier alpha value is -1.06. The molecule has 2 atom stereocenters. The Morgan fingerprint density at radius 2 is 2.24 bits per heavy atom. The van der Waals surface area contributed by atoms with Crippen molar-refractivity contribution in [2.24, 2.45) is 22.9 Å². The highest BCUT2D eigenvalue weighted by molar-refractivity contribution is 5.97. The van der Waals surface area contributed by atoms with E-state index in [-0.39, 0.29) is 11.9 Å². The first kappa shape index (κ1) is 12.4. The third-order valence-corrected chi connectivity index (χ3v) is 3.62. The number of esters is 1. The van der Waals surface area contributed by atoms with Crippen LogP contribution in [0.1, 0.15) is 40.5 Å². The Labute approximate surface area is 102 Å². The zero-order chi connectivity index (χ0) is 12.6. The van der Waals surface area contributed by atoms with Gasteiger partial charge in [0.05, 0.1) is 18.2 Å². The summed E-state index contributed by atoms with van der Waals surface area (Å²) in [5, 5.41) is 4.15. The van der Waals surface area contributed by atoms with E-state index in [2.05, 4.69) is 19.0 Å². The van der Waals surface area contributed by atoms with Crippen molar-refractivity contribution in [1.29, 1.82) is 0 Å². The van der Waals surface area contributed by atoms with Crippen LogP contribution in [0.25, 0.3) is 0 Å². The number of carbonyl (C=O) groups is 1. The maximum atomic E-state index is 12.1. The molecular weight excluding hydrogens is 218 g/mol. The van der Waals surface area contributed by atoms with Crippen LogP contribution in [0.5, 0.6) is 0 Å². The Morgan fingerprint density at radius 1 is 1.59 bits per heavy atom. The highest BCUT2D eigenvalue weighted by Gasteiger charge is 2.58. The summed E-state index contributed by atoms with van der Waals surface area (Å²) in [5.74, 6) is 0.669. The second-order valence-corrected chi connectivity index (χ2v) is 5.40. The van der Waals surface area contributed by atoms with Crippen LogP contribution >= 0.6 is 0 Å². The second-order valence-electron chi connectivity index (χ2n) is 5.40. The van der Waals surface area contributed by atoms with Crippen molar-refractivity contribution in [2.45, 2.75) is 46.1 Å². The molecule has 1 saturated carbocycles. The van der Waals surface area contributed by atoms with Gasteiger partial charge >= 0.3 is 5.97 Å². The fourth-order valence-electron chi connectivity index (χ4n) is 2.57. The maximum Gasteiger partial charge on any atom is 0.353 e. The lowest BCUT2D eigenvalue weighted by Crippen LogP contribution is -2.46. The number of nitrogens with zero attached hydrogens (tertiary/aromatic N) is 1. The monoisotopic (exact) mass is 239 g/mol. The molecule has 1 aliphatic heterocycles. The summed E-state index contributed by atoms with van der Waals surface area (Å²) in [4.78, 5) is 17.5. The van der Waals surface area contributed by atoms with Gasteiger partial charge in [-0.25, -0.2) is 4.79 Å². The first-order valence-electron chi connectivity index (χ1n) is 6.43. The van der Waals surface area contributed by atoms with Crippen molar-refractivity contribution in [1.82, 2.24) is 0 Å². The molecule has 4 nitrogen and oxygen atoms in total. The Morgan fingerprint density at radius 3 is 2.71 bits per heavy atom. The number of carbonyl (C=O) groups excluding carboxylic acids is 1. The number of ether oxygens (including phenoxy) is 1. The van der Waals surface area contributed by atoms with Gasteiger partial charge in [0.2, 0.25) is 5.60 Å². The molecule has 0 amide bonds. The summed E-state index contributed by atoms with van der Waals surface area (Å²) in [6.07, 6.45) is 2.32. The van der Waals surface area contributed by atoms with Crippen LogP contribution in [0.15, 0.2) is 5.16 Å². The summed E-state index contributed by atoms with van der Waals surface area (Å²) in [6, 6.07) is 0. The van der Waals surface area contributed by atoms with E-state index in [0.717, 1.165) is 18.6 Å². The van der Waals surface area contributed by atoms with E-state index in [4.69, 9.17) is 9.57 Å². The van der Waals surface area contributed by atoms with Crippen molar-refractivity contribution in [3.8, 4) is 0 Å². The quantitative estimate of drug-likeness (QED) is 0.708. The largest absolute Gasteiger partial charge is 0.463 e. The van der Waals surface area contributed by atoms with Crippen LogP contribution in [-0.2, 0) is 14.4 Å². The fraction of sp³-hybridized carbons (Fsp3) is 0.846. The van der Waals surface area contributed by atoms with Crippen molar-refractivity contribution in [2.75, 3.05) is 6.61 Å². The standard InChI is InChI=1S/C13H21NO3/c1-5-16-12(15)13(4)10(9-6-7-9)11(8(2)3)14-17-13/h8-10H,5-7H2,1-4H3. The third kappa shape index (κ3) is 2.05. The Balaban J connectivity index is 2.22. The zero-order valence-corrected chi connectivity index (χ0v) is 11.0. The van der Waals surface area contributed by atoms with E-state index < -0.39 is 5.60 Å². The minimum absolute atomic E-state index is 0.0987. The van der Waals surface area contributed by atoms with Gasteiger partial charge in [-0.3, -0.25) is 0 Å². The van der Waals surface area contributed by atoms with Gasteiger partial charge in [0.25, 0.3) is 0 Å². The number of hydrogen-bond donors (Lipinski definition) is 0. The summed E-state index contributed by atoms with van der Waals surface area (Å²) >= 11 is 0. The van der Waals surface area contributed by atoms with Crippen LogP contribution in [0.2, 0.25) is 0 Å². The molecule has 0 N–H and O–H groups in total. The SMILES string of the molecule is CCOC(=O)C1(C)ON=C(C(C)C)C1C1CC1. The molecule has 17 heavy (non-hydrogen) atoms. The highest BCUT2D eigenvalue weighted by atomic mass is 16.7. The summed E-state index contributed by atoms with van der Waals surface area (Å²) in [5.41, 5.74) is 0.111. The number of oxime groups is 1. The fourth-order valence-corrected chi connectivity index (χ4v) is 2.57. The normalized spacial score (nSPS) is 32.3. The van der Waals surface area contributed by atoms with Crippen LogP contribution in [0.3, 0.4) is 0 Å². The molecule has 2 unspecified atom stereocenters. The molecule has 2 aliphatic rings. The van der Waals surface area contributed by atoms with Gasteiger partial charge in [0.15, 0.2) is 0 Å². The highest BCUT2D eigenvalue weighted by Crippen LogP contribution is 2.48. The summed E-state index contributed by atoms with van der Waals surface area (Å²) in [6.45, 7) is 8.19. The smallest absolute Gasteiger partial charge is 0.353 e. The van der Waals surface area contributed by atoms with Crippen molar-refractivity contribution in [3.63, 3.8) is 0 Å². The molecule has 1 fully saturated rings. The van der Waals surface area contributed by atoms with Gasteiger partial charge in [0, 0.05) is 0 Å². The lowest BCUT2D eigenvalue weighted by atomic mass is 9.78. The van der Waals surface area contributed by atoms with E-state index in [1.54, 1.807) is 0 Å². The van der Waals surface area contributed by atoms with Gasteiger partial charge in [-0.15, -0.1) is 0 Å².